The van der Waals surface area contributed by atoms with Crippen molar-refractivity contribution >= 4 is 45.9 Å². The maximum atomic E-state index is 13.5. The number of halogens is 3. The van der Waals surface area contributed by atoms with Gasteiger partial charge in [0.2, 0.25) is 5.91 Å². The van der Waals surface area contributed by atoms with Crippen molar-refractivity contribution in [2.45, 2.75) is 6.42 Å². The van der Waals surface area contributed by atoms with Gasteiger partial charge in [0.1, 0.15) is 5.82 Å². The Labute approximate surface area is 130 Å². The molecule has 0 bridgehead atoms. The molecule has 1 rings (SSSR count). The van der Waals surface area contributed by atoms with E-state index in [2.05, 4.69) is 21.2 Å². The molecule has 0 aliphatic carbocycles. The van der Waals surface area contributed by atoms with Crippen LogP contribution in [0.2, 0.25) is 0 Å². The van der Waals surface area contributed by atoms with Gasteiger partial charge in [0.25, 0.3) is 0 Å². The summed E-state index contributed by atoms with van der Waals surface area (Å²) in [5, 5.41) is 10.9. The van der Waals surface area contributed by atoms with E-state index in [1.165, 1.54) is 12.1 Å². The van der Waals surface area contributed by atoms with Crippen LogP contribution in [-0.2, 0) is 9.59 Å². The Morgan fingerprint density at radius 3 is 2.65 bits per heavy atom. The lowest BCUT2D eigenvalue weighted by Gasteiger charge is -2.15. The highest BCUT2D eigenvalue weighted by molar-refractivity contribution is 9.10. The maximum absolute atomic E-state index is 13.5. The first kappa shape index (κ1) is 18.8. The largest absolute Gasteiger partial charge is 0.481 e. The normalized spacial score (nSPS) is 10.0. The van der Waals surface area contributed by atoms with E-state index in [0.717, 1.165) is 0 Å². The third-order valence-corrected chi connectivity index (χ3v) is 2.82. The van der Waals surface area contributed by atoms with Crippen LogP contribution in [0.15, 0.2) is 22.7 Å². The van der Waals surface area contributed by atoms with E-state index >= 15 is 0 Å². The minimum Gasteiger partial charge on any atom is -0.481 e. The quantitative estimate of drug-likeness (QED) is 0.807. The molecule has 1 aromatic rings. The average molecular weight is 370 g/mol. The molecule has 1 aromatic carbocycles. The Bertz CT molecular complexity index is 488. The molecule has 0 atom stereocenters. The second kappa shape index (κ2) is 8.89. The molecule has 0 radical (unpaired) electrons. The Balaban J connectivity index is 0.00000361. The summed E-state index contributed by atoms with van der Waals surface area (Å²) < 4.78 is 14.1. The van der Waals surface area contributed by atoms with Crippen LogP contribution in [0, 0.1) is 5.82 Å². The van der Waals surface area contributed by atoms with E-state index in [0.29, 0.717) is 4.47 Å². The number of carbonyl (C=O) groups is 2. The number of carbonyl (C=O) groups excluding carboxylic acids is 1. The van der Waals surface area contributed by atoms with Crippen LogP contribution in [0.3, 0.4) is 0 Å². The van der Waals surface area contributed by atoms with Crippen LogP contribution in [0.4, 0.5) is 10.1 Å². The van der Waals surface area contributed by atoms with Gasteiger partial charge in [-0.3, -0.25) is 14.5 Å². The third kappa shape index (κ3) is 6.83. The second-order valence-electron chi connectivity index (χ2n) is 4.05. The van der Waals surface area contributed by atoms with Crippen molar-refractivity contribution in [3.8, 4) is 0 Å². The predicted molar refractivity (Wildman–Crippen MR) is 79.7 cm³/mol. The second-order valence-corrected chi connectivity index (χ2v) is 4.97. The molecule has 1 amide bonds. The Morgan fingerprint density at radius 2 is 2.10 bits per heavy atom. The lowest BCUT2D eigenvalue weighted by molar-refractivity contribution is -0.137. The van der Waals surface area contributed by atoms with Gasteiger partial charge in [-0.15, -0.1) is 12.4 Å². The smallest absolute Gasteiger partial charge is 0.304 e. The average Bonchev–Trinajstić information content (AvgIpc) is 2.30. The fourth-order valence-electron chi connectivity index (χ4n) is 1.39. The summed E-state index contributed by atoms with van der Waals surface area (Å²) in [7, 11) is 1.63. The highest BCUT2D eigenvalue weighted by Gasteiger charge is 2.10. The van der Waals surface area contributed by atoms with E-state index in [9.17, 15) is 14.0 Å². The van der Waals surface area contributed by atoms with E-state index in [4.69, 9.17) is 5.11 Å². The molecule has 20 heavy (non-hydrogen) atoms. The zero-order valence-electron chi connectivity index (χ0n) is 10.7. The van der Waals surface area contributed by atoms with Gasteiger partial charge in [-0.05, 0) is 25.2 Å². The maximum Gasteiger partial charge on any atom is 0.304 e. The van der Waals surface area contributed by atoms with Gasteiger partial charge in [0, 0.05) is 11.0 Å². The molecule has 0 spiro atoms. The summed E-state index contributed by atoms with van der Waals surface area (Å²) in [5.41, 5.74) is 0.0971. The summed E-state index contributed by atoms with van der Waals surface area (Å²) in [6.07, 6.45) is -0.0452. The minimum atomic E-state index is -0.925. The number of carboxylic acids is 1. The zero-order chi connectivity index (χ0) is 14.4. The van der Waals surface area contributed by atoms with Crippen LogP contribution in [0.25, 0.3) is 0 Å². The van der Waals surface area contributed by atoms with Gasteiger partial charge in [-0.25, -0.2) is 4.39 Å². The van der Waals surface area contributed by atoms with Crippen molar-refractivity contribution in [2.75, 3.05) is 25.5 Å². The summed E-state index contributed by atoms with van der Waals surface area (Å²) in [6, 6.07) is 4.32. The summed E-state index contributed by atoms with van der Waals surface area (Å²) >= 11 is 3.12. The van der Waals surface area contributed by atoms with Crippen molar-refractivity contribution in [1.29, 1.82) is 0 Å². The first-order valence-electron chi connectivity index (χ1n) is 5.53. The molecule has 0 fully saturated rings. The number of amides is 1. The number of benzene rings is 1. The molecule has 0 unspecified atom stereocenters. The summed E-state index contributed by atoms with van der Waals surface area (Å²) in [6.45, 7) is 0.258. The first-order chi connectivity index (χ1) is 8.88. The molecular weight excluding hydrogens is 354 g/mol. The van der Waals surface area contributed by atoms with Gasteiger partial charge in [-0.1, -0.05) is 15.9 Å². The van der Waals surface area contributed by atoms with Gasteiger partial charge in [0.05, 0.1) is 18.7 Å². The molecular formula is C12H15BrClFN2O3. The Kier molecular flexibility index (Phi) is 8.36. The van der Waals surface area contributed by atoms with Crippen LogP contribution >= 0.6 is 28.3 Å². The van der Waals surface area contributed by atoms with Crippen LogP contribution in [-0.4, -0.2) is 42.0 Å². The number of nitrogens with one attached hydrogen (secondary N) is 1. The molecule has 0 heterocycles. The van der Waals surface area contributed by atoms with Crippen LogP contribution in [0.5, 0.6) is 0 Å². The van der Waals surface area contributed by atoms with Crippen molar-refractivity contribution in [2.24, 2.45) is 0 Å². The monoisotopic (exact) mass is 368 g/mol. The highest BCUT2D eigenvalue weighted by Crippen LogP contribution is 2.19. The molecule has 2 N–H and O–H groups in total. The van der Waals surface area contributed by atoms with E-state index in [-0.39, 0.29) is 37.6 Å². The number of aliphatic carboxylic acids is 1. The van der Waals surface area contributed by atoms with Crippen molar-refractivity contribution in [3.05, 3.63) is 28.5 Å². The zero-order valence-corrected chi connectivity index (χ0v) is 13.1. The molecule has 8 heteroatoms. The fourth-order valence-corrected chi connectivity index (χ4v) is 1.72. The number of carboxylic acid groups (broad SMARTS) is 1. The number of hydrogen-bond donors (Lipinski definition) is 2. The van der Waals surface area contributed by atoms with Gasteiger partial charge >= 0.3 is 5.97 Å². The lowest BCUT2D eigenvalue weighted by Crippen LogP contribution is -2.31. The standard InChI is InChI=1S/C12H14BrFN2O3.ClH/c1-16(5-4-12(18)19)7-11(17)15-10-3-2-8(13)6-9(10)14;/h2-3,6H,4-5,7H2,1H3,(H,15,17)(H,18,19);1H. The fraction of sp³-hybridized carbons (Fsp3) is 0.333. The van der Waals surface area contributed by atoms with Gasteiger partial charge in [0.15, 0.2) is 0 Å². The number of anilines is 1. The summed E-state index contributed by atoms with van der Waals surface area (Å²) in [5.74, 6) is -1.85. The van der Waals surface area contributed by atoms with Gasteiger partial charge in [-0.2, -0.15) is 0 Å². The van der Waals surface area contributed by atoms with Crippen molar-refractivity contribution < 1.29 is 19.1 Å². The van der Waals surface area contributed by atoms with Crippen LogP contribution in [0.1, 0.15) is 6.42 Å². The highest BCUT2D eigenvalue weighted by atomic mass is 79.9. The van der Waals surface area contributed by atoms with E-state index in [1.807, 2.05) is 0 Å². The van der Waals surface area contributed by atoms with Gasteiger partial charge < -0.3 is 10.4 Å². The van der Waals surface area contributed by atoms with Crippen LogP contribution < -0.4 is 5.32 Å². The molecule has 0 saturated carbocycles. The van der Waals surface area contributed by atoms with Crippen molar-refractivity contribution in [3.63, 3.8) is 0 Å². The molecule has 0 saturated heterocycles. The SMILES string of the molecule is CN(CCC(=O)O)CC(=O)Nc1ccc(Br)cc1F.Cl. The molecule has 112 valence electrons. The first-order valence-corrected chi connectivity index (χ1v) is 6.33. The Hall–Kier alpha value is -1.18. The lowest BCUT2D eigenvalue weighted by atomic mass is 10.3. The topological polar surface area (TPSA) is 69.6 Å². The number of hydrogen-bond acceptors (Lipinski definition) is 3. The van der Waals surface area contributed by atoms with E-state index < -0.39 is 17.7 Å². The predicted octanol–water partition coefficient (Wildman–Crippen LogP) is 2.35. The summed E-state index contributed by atoms with van der Waals surface area (Å²) in [4.78, 5) is 23.6. The minimum absolute atomic E-state index is 0. The third-order valence-electron chi connectivity index (χ3n) is 2.33. The number of rotatable bonds is 6. The molecule has 0 aliphatic heterocycles. The number of likely N-dealkylation sites (N-methyl/N-ethyl adjacent to an activating group) is 1. The van der Waals surface area contributed by atoms with E-state index in [1.54, 1.807) is 18.0 Å². The van der Waals surface area contributed by atoms with Crippen molar-refractivity contribution in [1.82, 2.24) is 4.90 Å². The Morgan fingerprint density at radius 1 is 1.45 bits per heavy atom. The number of nitrogens with zero attached hydrogens (tertiary/aromatic N) is 1. The molecule has 0 aliphatic rings. The molecule has 5 nitrogen and oxygen atoms in total. The molecule has 0 aromatic heterocycles.